The van der Waals surface area contributed by atoms with Crippen molar-refractivity contribution >= 4 is 31.9 Å². The highest BCUT2D eigenvalue weighted by Crippen LogP contribution is 2.32. The predicted molar refractivity (Wildman–Crippen MR) is 80.8 cm³/mol. The minimum Gasteiger partial charge on any atom is -0.497 e. The molecule has 2 rings (SSSR count). The summed E-state index contributed by atoms with van der Waals surface area (Å²) in [7, 11) is 1.59. The number of methoxy groups -OCH3 is 1. The van der Waals surface area contributed by atoms with E-state index in [2.05, 4.69) is 31.9 Å². The molecular formula is C14H12Br2FNO. The molecule has 5 heteroatoms. The SMILES string of the molecule is COc1ccc(C(N)c2cc(Br)ccc2F)c(Br)c1. The zero-order valence-corrected chi connectivity index (χ0v) is 13.3. The first-order valence-corrected chi connectivity index (χ1v) is 7.15. The number of hydrogen-bond acceptors (Lipinski definition) is 2. The highest BCUT2D eigenvalue weighted by atomic mass is 79.9. The molecule has 0 fully saturated rings. The van der Waals surface area contributed by atoms with Crippen molar-refractivity contribution in [2.24, 2.45) is 5.73 Å². The van der Waals surface area contributed by atoms with E-state index in [9.17, 15) is 4.39 Å². The van der Waals surface area contributed by atoms with E-state index in [0.717, 1.165) is 20.3 Å². The van der Waals surface area contributed by atoms with Crippen LogP contribution in [-0.4, -0.2) is 7.11 Å². The Morgan fingerprint density at radius 1 is 1.11 bits per heavy atom. The van der Waals surface area contributed by atoms with Crippen LogP contribution in [0.1, 0.15) is 17.2 Å². The average molecular weight is 389 g/mol. The van der Waals surface area contributed by atoms with Crippen molar-refractivity contribution in [3.05, 3.63) is 62.3 Å². The summed E-state index contributed by atoms with van der Waals surface area (Å²) in [4.78, 5) is 0. The second kappa shape index (κ2) is 6.03. The number of halogens is 3. The van der Waals surface area contributed by atoms with Crippen LogP contribution in [-0.2, 0) is 0 Å². The van der Waals surface area contributed by atoms with E-state index in [0.29, 0.717) is 5.56 Å². The Bertz CT molecular complexity index is 604. The molecule has 1 atom stereocenters. The molecule has 2 aromatic carbocycles. The molecule has 0 radical (unpaired) electrons. The first-order chi connectivity index (χ1) is 9.02. The van der Waals surface area contributed by atoms with Crippen molar-refractivity contribution in [3.8, 4) is 5.75 Å². The van der Waals surface area contributed by atoms with Gasteiger partial charge in [0, 0.05) is 14.5 Å². The molecule has 2 N–H and O–H groups in total. The van der Waals surface area contributed by atoms with Crippen molar-refractivity contribution in [1.82, 2.24) is 0 Å². The quantitative estimate of drug-likeness (QED) is 0.845. The summed E-state index contributed by atoms with van der Waals surface area (Å²) in [6, 6.07) is 9.63. The maximum atomic E-state index is 13.8. The Morgan fingerprint density at radius 2 is 1.84 bits per heavy atom. The molecular weight excluding hydrogens is 377 g/mol. The van der Waals surface area contributed by atoms with E-state index >= 15 is 0 Å². The molecule has 0 aromatic heterocycles. The van der Waals surface area contributed by atoms with Gasteiger partial charge < -0.3 is 10.5 Å². The monoisotopic (exact) mass is 387 g/mol. The van der Waals surface area contributed by atoms with Crippen molar-refractivity contribution in [3.63, 3.8) is 0 Å². The molecule has 0 spiro atoms. The second-order valence-electron chi connectivity index (χ2n) is 4.03. The van der Waals surface area contributed by atoms with Crippen LogP contribution in [0.25, 0.3) is 0 Å². The molecule has 0 saturated heterocycles. The summed E-state index contributed by atoms with van der Waals surface area (Å²) < 4.78 is 20.6. The number of nitrogens with two attached hydrogens (primary N) is 1. The molecule has 19 heavy (non-hydrogen) atoms. The van der Waals surface area contributed by atoms with Crippen molar-refractivity contribution in [2.45, 2.75) is 6.04 Å². The fourth-order valence-electron chi connectivity index (χ4n) is 1.81. The van der Waals surface area contributed by atoms with E-state index < -0.39 is 6.04 Å². The Balaban J connectivity index is 2.43. The smallest absolute Gasteiger partial charge is 0.128 e. The summed E-state index contributed by atoms with van der Waals surface area (Å²) in [6.07, 6.45) is 0. The Hall–Kier alpha value is -0.910. The van der Waals surface area contributed by atoms with Gasteiger partial charge in [0.1, 0.15) is 11.6 Å². The van der Waals surface area contributed by atoms with Crippen LogP contribution >= 0.6 is 31.9 Å². The van der Waals surface area contributed by atoms with Crippen LogP contribution in [0.5, 0.6) is 5.75 Å². The van der Waals surface area contributed by atoms with Gasteiger partial charge in [0.05, 0.1) is 13.2 Å². The molecule has 100 valence electrons. The third kappa shape index (κ3) is 3.16. The van der Waals surface area contributed by atoms with Crippen molar-refractivity contribution in [2.75, 3.05) is 7.11 Å². The highest BCUT2D eigenvalue weighted by molar-refractivity contribution is 9.10. The summed E-state index contributed by atoms with van der Waals surface area (Å²) in [6.45, 7) is 0. The van der Waals surface area contributed by atoms with Gasteiger partial charge in [0.15, 0.2) is 0 Å². The van der Waals surface area contributed by atoms with Crippen LogP contribution in [0.2, 0.25) is 0 Å². The lowest BCUT2D eigenvalue weighted by atomic mass is 9.99. The van der Waals surface area contributed by atoms with Crippen LogP contribution in [0.3, 0.4) is 0 Å². The normalized spacial score (nSPS) is 12.3. The van der Waals surface area contributed by atoms with E-state index in [1.165, 1.54) is 6.07 Å². The molecule has 0 heterocycles. The van der Waals surface area contributed by atoms with Gasteiger partial charge in [-0.15, -0.1) is 0 Å². The largest absolute Gasteiger partial charge is 0.497 e. The lowest BCUT2D eigenvalue weighted by Gasteiger charge is -2.16. The molecule has 2 aromatic rings. The Labute approximate surface area is 128 Å². The van der Waals surface area contributed by atoms with E-state index in [1.54, 1.807) is 25.3 Å². The summed E-state index contributed by atoms with van der Waals surface area (Å²) in [5.41, 5.74) is 7.39. The van der Waals surface area contributed by atoms with Gasteiger partial charge in [-0.3, -0.25) is 0 Å². The molecule has 2 nitrogen and oxygen atoms in total. The number of ether oxygens (including phenoxy) is 1. The van der Waals surface area contributed by atoms with E-state index in [-0.39, 0.29) is 5.82 Å². The maximum Gasteiger partial charge on any atom is 0.128 e. The number of rotatable bonds is 3. The van der Waals surface area contributed by atoms with Crippen LogP contribution in [0.15, 0.2) is 45.3 Å². The molecule has 0 aliphatic heterocycles. The first-order valence-electron chi connectivity index (χ1n) is 5.57. The minimum atomic E-state index is -0.544. The van der Waals surface area contributed by atoms with Gasteiger partial charge in [0.2, 0.25) is 0 Å². The number of hydrogen-bond donors (Lipinski definition) is 1. The van der Waals surface area contributed by atoms with Gasteiger partial charge >= 0.3 is 0 Å². The molecule has 0 saturated carbocycles. The van der Waals surface area contributed by atoms with Crippen molar-refractivity contribution in [1.29, 1.82) is 0 Å². The van der Waals surface area contributed by atoms with E-state index in [1.807, 2.05) is 12.1 Å². The van der Waals surface area contributed by atoms with Crippen molar-refractivity contribution < 1.29 is 9.13 Å². The molecule has 1 unspecified atom stereocenters. The van der Waals surface area contributed by atoms with Gasteiger partial charge in [-0.05, 0) is 35.9 Å². The Morgan fingerprint density at radius 3 is 2.47 bits per heavy atom. The summed E-state index contributed by atoms with van der Waals surface area (Å²) in [5, 5.41) is 0. The molecule has 0 bridgehead atoms. The second-order valence-corrected chi connectivity index (χ2v) is 5.80. The fraction of sp³-hybridized carbons (Fsp3) is 0.143. The van der Waals surface area contributed by atoms with Gasteiger partial charge in [-0.1, -0.05) is 37.9 Å². The van der Waals surface area contributed by atoms with Gasteiger partial charge in [0.25, 0.3) is 0 Å². The highest BCUT2D eigenvalue weighted by Gasteiger charge is 2.17. The topological polar surface area (TPSA) is 35.2 Å². The third-order valence-corrected chi connectivity index (χ3v) is 4.02. The van der Waals surface area contributed by atoms with Crippen LogP contribution in [0.4, 0.5) is 4.39 Å². The fourth-order valence-corrected chi connectivity index (χ4v) is 2.79. The third-order valence-electron chi connectivity index (χ3n) is 2.84. The van der Waals surface area contributed by atoms with E-state index in [4.69, 9.17) is 10.5 Å². The maximum absolute atomic E-state index is 13.8. The molecule has 0 aliphatic carbocycles. The summed E-state index contributed by atoms with van der Waals surface area (Å²) in [5.74, 6) is 0.399. The zero-order chi connectivity index (χ0) is 14.0. The average Bonchev–Trinajstić information content (AvgIpc) is 2.40. The molecule has 0 aliphatic rings. The van der Waals surface area contributed by atoms with Gasteiger partial charge in [-0.2, -0.15) is 0 Å². The van der Waals surface area contributed by atoms with Gasteiger partial charge in [-0.25, -0.2) is 4.39 Å². The first kappa shape index (κ1) is 14.5. The predicted octanol–water partition coefficient (Wildman–Crippen LogP) is 4.41. The number of benzene rings is 2. The Kier molecular flexibility index (Phi) is 4.60. The van der Waals surface area contributed by atoms with Crippen LogP contribution < -0.4 is 10.5 Å². The summed E-state index contributed by atoms with van der Waals surface area (Å²) >= 11 is 6.76. The lowest BCUT2D eigenvalue weighted by molar-refractivity contribution is 0.414. The lowest BCUT2D eigenvalue weighted by Crippen LogP contribution is -2.14. The van der Waals surface area contributed by atoms with Crippen LogP contribution in [0, 0.1) is 5.82 Å². The standard InChI is InChI=1S/C14H12Br2FNO/c1-19-9-3-4-10(12(16)7-9)14(18)11-6-8(15)2-5-13(11)17/h2-7,14H,18H2,1H3. The minimum absolute atomic E-state index is 0.321. The zero-order valence-electron chi connectivity index (χ0n) is 10.2. The molecule has 0 amide bonds.